The van der Waals surface area contributed by atoms with E-state index in [9.17, 15) is 13.9 Å². The number of benzene rings is 2. The first kappa shape index (κ1) is 10.4. The predicted octanol–water partition coefficient (Wildman–Crippen LogP) is 2.92. The quantitative estimate of drug-likeness (QED) is 0.727. The molecule has 0 amide bonds. The summed E-state index contributed by atoms with van der Waals surface area (Å²) in [6.45, 7) is 0. The van der Waals surface area contributed by atoms with Gasteiger partial charge >= 0.3 is 0 Å². The number of anilines is 1. The molecule has 0 saturated heterocycles. The SMILES string of the molecule is Nc1cc(-c2cccc(O)c2)cc(F)c1F. The molecule has 2 nitrogen and oxygen atoms in total. The van der Waals surface area contributed by atoms with Gasteiger partial charge in [-0.2, -0.15) is 0 Å². The lowest BCUT2D eigenvalue weighted by Crippen LogP contribution is -1.95. The summed E-state index contributed by atoms with van der Waals surface area (Å²) in [4.78, 5) is 0. The van der Waals surface area contributed by atoms with Crippen LogP contribution >= 0.6 is 0 Å². The fourth-order valence-corrected chi connectivity index (χ4v) is 1.46. The number of nitrogen functional groups attached to an aromatic ring is 1. The van der Waals surface area contributed by atoms with E-state index in [4.69, 9.17) is 5.73 Å². The second-order valence-electron chi connectivity index (χ2n) is 3.41. The monoisotopic (exact) mass is 221 g/mol. The highest BCUT2D eigenvalue weighted by Crippen LogP contribution is 2.27. The zero-order chi connectivity index (χ0) is 11.7. The Hall–Kier alpha value is -2.10. The van der Waals surface area contributed by atoms with Crippen LogP contribution in [0.1, 0.15) is 0 Å². The molecule has 0 heterocycles. The van der Waals surface area contributed by atoms with Gasteiger partial charge in [0, 0.05) is 0 Å². The molecule has 0 saturated carbocycles. The molecule has 2 aromatic rings. The molecule has 0 fully saturated rings. The van der Waals surface area contributed by atoms with E-state index < -0.39 is 11.6 Å². The summed E-state index contributed by atoms with van der Waals surface area (Å²) in [5, 5.41) is 9.27. The van der Waals surface area contributed by atoms with Gasteiger partial charge in [0.05, 0.1) is 5.69 Å². The lowest BCUT2D eigenvalue weighted by molar-refractivity contribution is 0.475. The van der Waals surface area contributed by atoms with Crippen molar-refractivity contribution in [2.75, 3.05) is 5.73 Å². The van der Waals surface area contributed by atoms with Crippen LogP contribution in [-0.2, 0) is 0 Å². The van der Waals surface area contributed by atoms with Gasteiger partial charge in [0.15, 0.2) is 11.6 Å². The van der Waals surface area contributed by atoms with Gasteiger partial charge in [-0.1, -0.05) is 12.1 Å². The molecule has 0 radical (unpaired) electrons. The number of phenolic OH excluding ortho intramolecular Hbond substituents is 1. The van der Waals surface area contributed by atoms with Gasteiger partial charge in [0.2, 0.25) is 0 Å². The van der Waals surface area contributed by atoms with Gasteiger partial charge in [-0.15, -0.1) is 0 Å². The van der Waals surface area contributed by atoms with E-state index in [2.05, 4.69) is 0 Å². The second-order valence-corrected chi connectivity index (χ2v) is 3.41. The fraction of sp³-hybridized carbons (Fsp3) is 0. The number of hydrogen-bond donors (Lipinski definition) is 2. The van der Waals surface area contributed by atoms with Crippen molar-refractivity contribution in [2.24, 2.45) is 0 Å². The fourth-order valence-electron chi connectivity index (χ4n) is 1.46. The van der Waals surface area contributed by atoms with Crippen LogP contribution in [0.2, 0.25) is 0 Å². The molecule has 0 atom stereocenters. The van der Waals surface area contributed by atoms with Crippen molar-refractivity contribution >= 4 is 5.69 Å². The van der Waals surface area contributed by atoms with Crippen LogP contribution in [0.5, 0.6) is 5.75 Å². The maximum Gasteiger partial charge on any atom is 0.181 e. The number of nitrogens with two attached hydrogens (primary N) is 1. The normalized spacial score (nSPS) is 10.4. The Morgan fingerprint density at radius 2 is 1.75 bits per heavy atom. The summed E-state index contributed by atoms with van der Waals surface area (Å²) in [6.07, 6.45) is 0. The Morgan fingerprint density at radius 1 is 1.00 bits per heavy atom. The number of halogens is 2. The summed E-state index contributed by atoms with van der Waals surface area (Å²) in [5.74, 6) is -2.00. The van der Waals surface area contributed by atoms with Crippen molar-refractivity contribution in [1.29, 1.82) is 0 Å². The molecule has 0 unspecified atom stereocenters. The van der Waals surface area contributed by atoms with E-state index in [1.54, 1.807) is 12.1 Å². The molecule has 0 aromatic heterocycles. The van der Waals surface area contributed by atoms with E-state index in [0.29, 0.717) is 11.1 Å². The standard InChI is InChI=1S/C12H9F2NO/c13-10-5-8(6-11(15)12(10)14)7-2-1-3-9(16)4-7/h1-6,16H,15H2. The Labute approximate surface area is 91.0 Å². The summed E-state index contributed by atoms with van der Waals surface area (Å²) in [7, 11) is 0. The third-order valence-corrected chi connectivity index (χ3v) is 2.24. The lowest BCUT2D eigenvalue weighted by Gasteiger charge is -2.05. The third-order valence-electron chi connectivity index (χ3n) is 2.24. The molecular formula is C12H9F2NO. The Bertz CT molecular complexity index is 517. The van der Waals surface area contributed by atoms with Gasteiger partial charge in [-0.3, -0.25) is 0 Å². The zero-order valence-electron chi connectivity index (χ0n) is 8.24. The van der Waals surface area contributed by atoms with Gasteiger partial charge in [0.1, 0.15) is 5.75 Å². The minimum atomic E-state index is -1.05. The molecule has 2 aromatic carbocycles. The van der Waals surface area contributed by atoms with Gasteiger partial charge in [-0.25, -0.2) is 8.78 Å². The van der Waals surface area contributed by atoms with E-state index >= 15 is 0 Å². The smallest absolute Gasteiger partial charge is 0.181 e. The second kappa shape index (κ2) is 3.81. The van der Waals surface area contributed by atoms with E-state index in [0.717, 1.165) is 6.07 Å². The van der Waals surface area contributed by atoms with Crippen LogP contribution in [-0.4, -0.2) is 5.11 Å². The van der Waals surface area contributed by atoms with Crippen molar-refractivity contribution in [3.05, 3.63) is 48.0 Å². The van der Waals surface area contributed by atoms with Crippen LogP contribution in [0.4, 0.5) is 14.5 Å². The number of aromatic hydroxyl groups is 1. The van der Waals surface area contributed by atoms with Crippen LogP contribution < -0.4 is 5.73 Å². The lowest BCUT2D eigenvalue weighted by atomic mass is 10.0. The topological polar surface area (TPSA) is 46.2 Å². The highest BCUT2D eigenvalue weighted by Gasteiger charge is 2.09. The van der Waals surface area contributed by atoms with Crippen LogP contribution in [0.25, 0.3) is 11.1 Å². The number of rotatable bonds is 1. The highest BCUT2D eigenvalue weighted by molar-refractivity contribution is 5.68. The average Bonchev–Trinajstić information content (AvgIpc) is 2.25. The minimum Gasteiger partial charge on any atom is -0.508 e. The molecule has 0 aliphatic heterocycles. The molecule has 0 spiro atoms. The van der Waals surface area contributed by atoms with E-state index in [-0.39, 0.29) is 11.4 Å². The van der Waals surface area contributed by atoms with Gasteiger partial charge < -0.3 is 10.8 Å². The van der Waals surface area contributed by atoms with Gasteiger partial charge in [-0.05, 0) is 35.4 Å². The van der Waals surface area contributed by atoms with Crippen molar-refractivity contribution in [2.45, 2.75) is 0 Å². The average molecular weight is 221 g/mol. The molecule has 82 valence electrons. The molecule has 0 aliphatic rings. The Balaban J connectivity index is 2.57. The third kappa shape index (κ3) is 1.82. The molecule has 2 rings (SSSR count). The number of phenols is 1. The summed E-state index contributed by atoms with van der Waals surface area (Å²) in [5.41, 5.74) is 6.07. The van der Waals surface area contributed by atoms with E-state index in [1.165, 1.54) is 18.2 Å². The van der Waals surface area contributed by atoms with Gasteiger partial charge in [0.25, 0.3) is 0 Å². The predicted molar refractivity (Wildman–Crippen MR) is 57.9 cm³/mol. The largest absolute Gasteiger partial charge is 0.508 e. The van der Waals surface area contributed by atoms with E-state index in [1.807, 2.05) is 0 Å². The molecule has 3 N–H and O–H groups in total. The van der Waals surface area contributed by atoms with Crippen LogP contribution in [0.15, 0.2) is 36.4 Å². The highest BCUT2D eigenvalue weighted by atomic mass is 19.2. The van der Waals surface area contributed by atoms with Crippen LogP contribution in [0.3, 0.4) is 0 Å². The molecular weight excluding hydrogens is 212 g/mol. The zero-order valence-corrected chi connectivity index (χ0v) is 8.24. The molecule has 0 bridgehead atoms. The summed E-state index contributed by atoms with van der Waals surface area (Å²) < 4.78 is 26.1. The van der Waals surface area contributed by atoms with Crippen molar-refractivity contribution in [3.63, 3.8) is 0 Å². The first-order valence-electron chi connectivity index (χ1n) is 4.62. The van der Waals surface area contributed by atoms with Crippen molar-refractivity contribution in [3.8, 4) is 16.9 Å². The Morgan fingerprint density at radius 3 is 2.38 bits per heavy atom. The van der Waals surface area contributed by atoms with Crippen molar-refractivity contribution < 1.29 is 13.9 Å². The molecule has 4 heteroatoms. The molecule has 16 heavy (non-hydrogen) atoms. The maximum absolute atomic E-state index is 13.1. The number of hydrogen-bond acceptors (Lipinski definition) is 2. The summed E-state index contributed by atoms with van der Waals surface area (Å²) >= 11 is 0. The Kier molecular flexibility index (Phi) is 2.48. The first-order chi connectivity index (χ1) is 7.58. The molecule has 0 aliphatic carbocycles. The summed E-state index contributed by atoms with van der Waals surface area (Å²) in [6, 6.07) is 8.60. The van der Waals surface area contributed by atoms with Crippen molar-refractivity contribution in [1.82, 2.24) is 0 Å². The maximum atomic E-state index is 13.1. The minimum absolute atomic E-state index is 0.0563. The first-order valence-corrected chi connectivity index (χ1v) is 4.62. The van der Waals surface area contributed by atoms with Crippen LogP contribution in [0, 0.1) is 11.6 Å².